The predicted octanol–water partition coefficient (Wildman–Crippen LogP) is 4.21. The second kappa shape index (κ2) is 10.4. The number of nitrogens with zero attached hydrogens (tertiary/aromatic N) is 2. The molecular weight excluding hydrogens is 390 g/mol. The smallest absolute Gasteiger partial charge is 0.230 e. The normalized spacial score (nSPS) is 17.2. The van der Waals surface area contributed by atoms with Gasteiger partial charge in [-0.05, 0) is 63.4 Å². The summed E-state index contributed by atoms with van der Waals surface area (Å²) in [6.07, 6.45) is 4.47. The molecule has 28 heavy (non-hydrogen) atoms. The molecule has 152 valence electrons. The zero-order valence-electron chi connectivity index (χ0n) is 16.9. The van der Waals surface area contributed by atoms with Crippen LogP contribution in [0, 0.1) is 6.92 Å². The molecule has 1 atom stereocenters. The number of aryl methyl sites for hydroxylation is 1. The Bertz CT molecular complexity index is 776. The van der Waals surface area contributed by atoms with Crippen LogP contribution in [0.15, 0.2) is 33.6 Å². The fourth-order valence-electron chi connectivity index (χ4n) is 3.48. The molecule has 3 rings (SSSR count). The number of likely N-dealkylation sites (N-methyl/N-ethyl adjacent to an activating group) is 1. The summed E-state index contributed by atoms with van der Waals surface area (Å²) in [7, 11) is 0. The molecule has 1 aliphatic rings. The lowest BCUT2D eigenvalue weighted by Crippen LogP contribution is -2.40. The highest BCUT2D eigenvalue weighted by Gasteiger charge is 2.23. The fourth-order valence-corrected chi connectivity index (χ4v) is 4.74. The second-order valence-electron chi connectivity index (χ2n) is 6.97. The van der Waals surface area contributed by atoms with E-state index in [9.17, 15) is 4.79 Å². The van der Waals surface area contributed by atoms with E-state index < -0.39 is 0 Å². The van der Waals surface area contributed by atoms with E-state index in [1.54, 1.807) is 23.5 Å². The van der Waals surface area contributed by atoms with E-state index in [4.69, 9.17) is 4.42 Å². The van der Waals surface area contributed by atoms with Crippen LogP contribution in [0.1, 0.15) is 31.2 Å². The molecule has 1 aliphatic heterocycles. The van der Waals surface area contributed by atoms with Crippen molar-refractivity contribution < 1.29 is 9.21 Å². The maximum Gasteiger partial charge on any atom is 0.230 e. The molecule has 1 unspecified atom stereocenters. The number of aromatic nitrogens is 1. The van der Waals surface area contributed by atoms with Gasteiger partial charge in [-0.1, -0.05) is 6.92 Å². The summed E-state index contributed by atoms with van der Waals surface area (Å²) in [5.74, 6) is 2.69. The topological polar surface area (TPSA) is 58.4 Å². The molecule has 1 aromatic carbocycles. The molecule has 0 saturated carbocycles. The Morgan fingerprint density at radius 1 is 1.36 bits per heavy atom. The summed E-state index contributed by atoms with van der Waals surface area (Å²) in [5, 5.41) is 3.08. The van der Waals surface area contributed by atoms with Crippen molar-refractivity contribution >= 4 is 29.4 Å². The molecule has 2 aromatic rings. The van der Waals surface area contributed by atoms with Crippen LogP contribution in [0.25, 0.3) is 11.5 Å². The number of carbonyl (C=O) groups excluding carboxylic acids is 1. The number of benzene rings is 1. The van der Waals surface area contributed by atoms with Crippen molar-refractivity contribution in [2.24, 2.45) is 0 Å². The van der Waals surface area contributed by atoms with Gasteiger partial charge in [-0.25, -0.2) is 4.98 Å². The highest BCUT2D eigenvalue weighted by molar-refractivity contribution is 7.99. The standard InChI is InChI=1S/C21H29N3O2S2/c1-4-24-11-5-6-17(24)12-22-20(25)14-28-13-19-15(2)26-21(23-19)16-7-9-18(27-3)10-8-16/h7-10,17H,4-6,11-14H2,1-3H3,(H,22,25). The first-order valence-electron chi connectivity index (χ1n) is 9.80. The zero-order valence-corrected chi connectivity index (χ0v) is 18.5. The van der Waals surface area contributed by atoms with E-state index in [0.29, 0.717) is 23.4 Å². The summed E-state index contributed by atoms with van der Waals surface area (Å²) in [6.45, 7) is 7.08. The first-order valence-corrected chi connectivity index (χ1v) is 12.2. The number of rotatable bonds is 9. The molecule has 0 spiro atoms. The number of thioether (sulfide) groups is 2. The SMILES string of the molecule is CCN1CCCC1CNC(=O)CSCc1nc(-c2ccc(SC)cc2)oc1C. The van der Waals surface area contributed by atoms with Gasteiger partial charge in [0.15, 0.2) is 0 Å². The van der Waals surface area contributed by atoms with Crippen LogP contribution in [0.5, 0.6) is 0 Å². The Morgan fingerprint density at radius 3 is 2.86 bits per heavy atom. The third-order valence-corrected chi connectivity index (χ3v) is 6.83. The fraction of sp³-hybridized carbons (Fsp3) is 0.524. The maximum absolute atomic E-state index is 12.2. The molecule has 1 fully saturated rings. The van der Waals surface area contributed by atoms with Gasteiger partial charge in [0, 0.05) is 28.8 Å². The maximum atomic E-state index is 12.2. The predicted molar refractivity (Wildman–Crippen MR) is 118 cm³/mol. The van der Waals surface area contributed by atoms with E-state index in [-0.39, 0.29) is 5.91 Å². The Labute approximate surface area is 176 Å². The minimum Gasteiger partial charge on any atom is -0.441 e. The van der Waals surface area contributed by atoms with Gasteiger partial charge in [-0.15, -0.1) is 23.5 Å². The Kier molecular flexibility index (Phi) is 7.88. The van der Waals surface area contributed by atoms with Crippen LogP contribution in [0.4, 0.5) is 0 Å². The molecule has 0 bridgehead atoms. The van der Waals surface area contributed by atoms with E-state index in [1.807, 2.05) is 19.1 Å². The molecule has 1 amide bonds. The Hall–Kier alpha value is -1.44. The van der Waals surface area contributed by atoms with Gasteiger partial charge in [0.05, 0.1) is 11.4 Å². The lowest BCUT2D eigenvalue weighted by molar-refractivity contribution is -0.118. The Morgan fingerprint density at radius 2 is 2.14 bits per heavy atom. The number of hydrogen-bond acceptors (Lipinski definition) is 6. The van der Waals surface area contributed by atoms with Crippen molar-refractivity contribution in [1.29, 1.82) is 0 Å². The minimum absolute atomic E-state index is 0.0991. The van der Waals surface area contributed by atoms with Crippen molar-refractivity contribution in [2.45, 2.75) is 43.4 Å². The average Bonchev–Trinajstić information content (AvgIpc) is 3.32. The van der Waals surface area contributed by atoms with Gasteiger partial charge in [-0.2, -0.15) is 0 Å². The molecule has 5 nitrogen and oxygen atoms in total. The lowest BCUT2D eigenvalue weighted by Gasteiger charge is -2.22. The number of likely N-dealkylation sites (tertiary alicyclic amines) is 1. The van der Waals surface area contributed by atoms with Crippen molar-refractivity contribution in [3.05, 3.63) is 35.7 Å². The van der Waals surface area contributed by atoms with Gasteiger partial charge in [0.25, 0.3) is 0 Å². The molecule has 0 radical (unpaired) electrons. The molecule has 1 saturated heterocycles. The first-order chi connectivity index (χ1) is 13.6. The van der Waals surface area contributed by atoms with Gasteiger partial charge in [0.2, 0.25) is 11.8 Å². The monoisotopic (exact) mass is 419 g/mol. The largest absolute Gasteiger partial charge is 0.441 e. The molecule has 7 heteroatoms. The van der Waals surface area contributed by atoms with E-state index in [0.717, 1.165) is 36.7 Å². The Balaban J connectivity index is 1.45. The quantitative estimate of drug-likeness (QED) is 0.615. The summed E-state index contributed by atoms with van der Waals surface area (Å²) in [4.78, 5) is 20.5. The van der Waals surface area contributed by atoms with Crippen molar-refractivity contribution in [3.63, 3.8) is 0 Å². The molecule has 1 aromatic heterocycles. The molecule has 2 heterocycles. The third-order valence-electron chi connectivity index (χ3n) is 5.14. The number of hydrogen-bond donors (Lipinski definition) is 1. The highest BCUT2D eigenvalue weighted by Crippen LogP contribution is 2.26. The van der Waals surface area contributed by atoms with E-state index >= 15 is 0 Å². The third kappa shape index (κ3) is 5.55. The van der Waals surface area contributed by atoms with Gasteiger partial charge in [-0.3, -0.25) is 9.69 Å². The average molecular weight is 420 g/mol. The van der Waals surface area contributed by atoms with Crippen LogP contribution in [0.3, 0.4) is 0 Å². The molecular formula is C21H29N3O2S2. The number of nitrogens with one attached hydrogen (secondary N) is 1. The van der Waals surface area contributed by atoms with E-state index in [1.165, 1.54) is 17.7 Å². The van der Waals surface area contributed by atoms with Crippen LogP contribution in [-0.2, 0) is 10.5 Å². The summed E-state index contributed by atoms with van der Waals surface area (Å²) >= 11 is 3.29. The zero-order chi connectivity index (χ0) is 19.9. The molecule has 1 N–H and O–H groups in total. The van der Waals surface area contributed by atoms with Crippen LogP contribution >= 0.6 is 23.5 Å². The van der Waals surface area contributed by atoms with Gasteiger partial charge < -0.3 is 9.73 Å². The van der Waals surface area contributed by atoms with Gasteiger partial charge >= 0.3 is 0 Å². The van der Waals surface area contributed by atoms with Crippen LogP contribution in [-0.4, -0.2) is 53.5 Å². The lowest BCUT2D eigenvalue weighted by atomic mass is 10.2. The van der Waals surface area contributed by atoms with Gasteiger partial charge in [0.1, 0.15) is 5.76 Å². The number of oxazole rings is 1. The summed E-state index contributed by atoms with van der Waals surface area (Å²) in [6, 6.07) is 8.70. The first kappa shape index (κ1) is 21.3. The van der Waals surface area contributed by atoms with Crippen LogP contribution in [0.2, 0.25) is 0 Å². The minimum atomic E-state index is 0.0991. The van der Waals surface area contributed by atoms with Crippen molar-refractivity contribution in [3.8, 4) is 11.5 Å². The number of amides is 1. The highest BCUT2D eigenvalue weighted by atomic mass is 32.2. The second-order valence-corrected chi connectivity index (χ2v) is 8.84. The van der Waals surface area contributed by atoms with Crippen LogP contribution < -0.4 is 5.32 Å². The van der Waals surface area contributed by atoms with Crippen molar-refractivity contribution in [2.75, 3.05) is 31.6 Å². The summed E-state index contributed by atoms with van der Waals surface area (Å²) in [5.41, 5.74) is 1.89. The molecule has 0 aliphatic carbocycles. The van der Waals surface area contributed by atoms with Crippen molar-refractivity contribution in [1.82, 2.24) is 15.2 Å². The van der Waals surface area contributed by atoms with E-state index in [2.05, 4.69) is 40.5 Å². The number of carbonyl (C=O) groups is 1. The summed E-state index contributed by atoms with van der Waals surface area (Å²) < 4.78 is 5.83.